The van der Waals surface area contributed by atoms with Crippen molar-refractivity contribution in [3.63, 3.8) is 0 Å². The van der Waals surface area contributed by atoms with E-state index in [1.165, 1.54) is 22.9 Å². The summed E-state index contributed by atoms with van der Waals surface area (Å²) in [4.78, 5) is 11.8. The highest BCUT2D eigenvalue weighted by atomic mass is 35.5. The van der Waals surface area contributed by atoms with E-state index >= 15 is 0 Å². The van der Waals surface area contributed by atoms with Crippen LogP contribution in [0.3, 0.4) is 0 Å². The van der Waals surface area contributed by atoms with Gasteiger partial charge >= 0.3 is 0 Å². The number of nitrogens with zero attached hydrogens (tertiary/aromatic N) is 1. The maximum absolute atomic E-state index is 11.9. The third kappa shape index (κ3) is 2.44. The zero-order chi connectivity index (χ0) is 14.4. The van der Waals surface area contributed by atoms with E-state index in [4.69, 9.17) is 16.7 Å². The molecule has 0 spiro atoms. The van der Waals surface area contributed by atoms with Crippen molar-refractivity contribution in [3.05, 3.63) is 39.3 Å². The Morgan fingerprint density at radius 3 is 2.42 bits per heavy atom. The van der Waals surface area contributed by atoms with Gasteiger partial charge in [0.25, 0.3) is 5.56 Å². The molecule has 1 aromatic heterocycles. The summed E-state index contributed by atoms with van der Waals surface area (Å²) in [5.41, 5.74) is 1.45. The molecule has 8 heteroatoms. The number of nitrogens with one attached hydrogen (secondary N) is 1. The second-order valence-corrected chi connectivity index (χ2v) is 6.10. The fourth-order valence-corrected chi connectivity index (χ4v) is 3.01. The molecule has 0 aliphatic heterocycles. The Balaban J connectivity index is 2.67. The molecule has 2 rings (SSSR count). The smallest absolute Gasteiger partial charge is 0.274 e. The quantitative estimate of drug-likeness (QED) is 0.865. The summed E-state index contributed by atoms with van der Waals surface area (Å²) in [5, 5.41) is 7.87. The standard InChI is InChI=1S/C11H12ClN3O3S/c1-6-10(11(16)15(2)14-6)7-3-4-9(8(12)5-7)19(13,17)18/h3-5,14H,1-2H3,(H2,13,17,18). The zero-order valence-corrected chi connectivity index (χ0v) is 11.8. The van der Waals surface area contributed by atoms with E-state index in [2.05, 4.69) is 5.10 Å². The highest BCUT2D eigenvalue weighted by Crippen LogP contribution is 2.27. The second kappa shape index (κ2) is 4.52. The molecule has 0 amide bonds. The second-order valence-electron chi connectivity index (χ2n) is 4.17. The van der Waals surface area contributed by atoms with Crippen molar-refractivity contribution in [3.8, 4) is 11.1 Å². The summed E-state index contributed by atoms with van der Waals surface area (Å²) in [6.45, 7) is 1.75. The molecule has 1 aromatic carbocycles. The molecule has 0 fully saturated rings. The number of sulfonamides is 1. The van der Waals surface area contributed by atoms with Crippen LogP contribution in [0.4, 0.5) is 0 Å². The lowest BCUT2D eigenvalue weighted by atomic mass is 10.1. The largest absolute Gasteiger partial charge is 0.300 e. The Bertz CT molecular complexity index is 805. The zero-order valence-electron chi connectivity index (χ0n) is 10.3. The molecule has 0 saturated carbocycles. The van der Waals surface area contributed by atoms with Gasteiger partial charge in [0.1, 0.15) is 4.90 Å². The lowest BCUT2D eigenvalue weighted by Crippen LogP contribution is -2.14. The number of primary sulfonamides is 1. The van der Waals surface area contributed by atoms with Gasteiger partial charge in [-0.25, -0.2) is 13.6 Å². The molecule has 0 unspecified atom stereocenters. The summed E-state index contributed by atoms with van der Waals surface area (Å²) in [6.07, 6.45) is 0. The van der Waals surface area contributed by atoms with Crippen LogP contribution in [-0.4, -0.2) is 18.2 Å². The number of aryl methyl sites for hydroxylation is 2. The van der Waals surface area contributed by atoms with E-state index < -0.39 is 10.0 Å². The Hall–Kier alpha value is -1.57. The average Bonchev–Trinajstić information content (AvgIpc) is 2.51. The van der Waals surface area contributed by atoms with Gasteiger partial charge in [-0.3, -0.25) is 14.6 Å². The van der Waals surface area contributed by atoms with Crippen molar-refractivity contribution in [2.75, 3.05) is 0 Å². The minimum absolute atomic E-state index is 0.0114. The van der Waals surface area contributed by atoms with E-state index in [1.807, 2.05) is 0 Å². The van der Waals surface area contributed by atoms with Crippen molar-refractivity contribution in [2.24, 2.45) is 12.2 Å². The minimum Gasteiger partial charge on any atom is -0.300 e. The summed E-state index contributed by atoms with van der Waals surface area (Å²) < 4.78 is 23.9. The number of hydrogen-bond acceptors (Lipinski definition) is 3. The monoisotopic (exact) mass is 301 g/mol. The minimum atomic E-state index is -3.87. The molecule has 0 aliphatic carbocycles. The molecule has 0 saturated heterocycles. The van der Waals surface area contributed by atoms with Crippen LogP contribution in [0.1, 0.15) is 5.69 Å². The molecule has 1 heterocycles. The molecule has 102 valence electrons. The third-order valence-corrected chi connectivity index (χ3v) is 4.15. The number of halogens is 1. The molecule has 2 aromatic rings. The number of rotatable bonds is 2. The highest BCUT2D eigenvalue weighted by molar-refractivity contribution is 7.89. The topological polar surface area (TPSA) is 97.9 Å². The number of aromatic nitrogens is 2. The van der Waals surface area contributed by atoms with E-state index in [-0.39, 0.29) is 15.5 Å². The van der Waals surface area contributed by atoms with Gasteiger partial charge in [-0.05, 0) is 24.6 Å². The Morgan fingerprint density at radius 2 is 2.00 bits per heavy atom. The van der Waals surface area contributed by atoms with Gasteiger partial charge in [0.05, 0.1) is 10.6 Å². The first-order chi connectivity index (χ1) is 8.71. The van der Waals surface area contributed by atoms with Crippen LogP contribution in [-0.2, 0) is 17.1 Å². The van der Waals surface area contributed by atoms with Gasteiger partial charge in [-0.15, -0.1) is 0 Å². The first kappa shape index (κ1) is 13.9. The molecule has 0 atom stereocenters. The number of H-pyrrole nitrogens is 1. The SMILES string of the molecule is Cc1[nH]n(C)c(=O)c1-c1ccc(S(N)(=O)=O)c(Cl)c1. The number of benzene rings is 1. The Kier molecular flexibility index (Phi) is 3.29. The number of hydrogen-bond donors (Lipinski definition) is 2. The molecule has 0 aliphatic rings. The Morgan fingerprint density at radius 1 is 1.37 bits per heavy atom. The molecule has 6 nitrogen and oxygen atoms in total. The summed E-state index contributed by atoms with van der Waals surface area (Å²) in [7, 11) is -2.27. The number of aromatic amines is 1. The highest BCUT2D eigenvalue weighted by Gasteiger charge is 2.16. The van der Waals surface area contributed by atoms with Crippen molar-refractivity contribution in [1.82, 2.24) is 9.78 Å². The van der Waals surface area contributed by atoms with Gasteiger partial charge < -0.3 is 0 Å². The van der Waals surface area contributed by atoms with Crippen LogP contribution in [0.15, 0.2) is 27.9 Å². The van der Waals surface area contributed by atoms with Crippen LogP contribution in [0.2, 0.25) is 5.02 Å². The molecule has 3 N–H and O–H groups in total. The van der Waals surface area contributed by atoms with Crippen LogP contribution >= 0.6 is 11.6 Å². The first-order valence-corrected chi connectivity index (χ1v) is 7.22. The van der Waals surface area contributed by atoms with E-state index in [0.717, 1.165) is 0 Å². The maximum atomic E-state index is 11.9. The van der Waals surface area contributed by atoms with Gasteiger partial charge in [0.2, 0.25) is 10.0 Å². The summed E-state index contributed by atoms with van der Waals surface area (Å²) in [5.74, 6) is 0. The Labute approximate surface area is 114 Å². The number of nitrogens with two attached hydrogens (primary N) is 1. The molecular formula is C11H12ClN3O3S. The normalized spacial score (nSPS) is 11.8. The van der Waals surface area contributed by atoms with E-state index in [9.17, 15) is 13.2 Å². The van der Waals surface area contributed by atoms with Crippen LogP contribution in [0.25, 0.3) is 11.1 Å². The fourth-order valence-electron chi connectivity index (χ4n) is 1.91. The fraction of sp³-hybridized carbons (Fsp3) is 0.182. The van der Waals surface area contributed by atoms with Crippen LogP contribution in [0.5, 0.6) is 0 Å². The molecule has 0 radical (unpaired) electrons. The molecule has 19 heavy (non-hydrogen) atoms. The van der Waals surface area contributed by atoms with Crippen molar-refractivity contribution in [1.29, 1.82) is 0 Å². The summed E-state index contributed by atoms with van der Waals surface area (Å²) in [6, 6.07) is 4.21. The average molecular weight is 302 g/mol. The third-order valence-electron chi connectivity index (χ3n) is 2.76. The van der Waals surface area contributed by atoms with Gasteiger partial charge in [0, 0.05) is 12.7 Å². The predicted molar refractivity (Wildman–Crippen MR) is 72.6 cm³/mol. The van der Waals surface area contributed by atoms with Crippen LogP contribution < -0.4 is 10.7 Å². The molecular weight excluding hydrogens is 290 g/mol. The maximum Gasteiger partial charge on any atom is 0.274 e. The van der Waals surface area contributed by atoms with Crippen molar-refractivity contribution >= 4 is 21.6 Å². The lowest BCUT2D eigenvalue weighted by molar-refractivity contribution is 0.598. The van der Waals surface area contributed by atoms with E-state index in [1.54, 1.807) is 14.0 Å². The van der Waals surface area contributed by atoms with Gasteiger partial charge in [-0.2, -0.15) is 0 Å². The summed E-state index contributed by atoms with van der Waals surface area (Å²) >= 11 is 5.90. The van der Waals surface area contributed by atoms with Crippen molar-refractivity contribution in [2.45, 2.75) is 11.8 Å². The van der Waals surface area contributed by atoms with Crippen LogP contribution in [0, 0.1) is 6.92 Å². The van der Waals surface area contributed by atoms with Gasteiger partial charge in [0.15, 0.2) is 0 Å². The molecule has 0 bridgehead atoms. The van der Waals surface area contributed by atoms with Gasteiger partial charge in [-0.1, -0.05) is 17.7 Å². The van der Waals surface area contributed by atoms with E-state index in [0.29, 0.717) is 16.8 Å². The lowest BCUT2D eigenvalue weighted by Gasteiger charge is -2.04. The van der Waals surface area contributed by atoms with Crippen molar-refractivity contribution < 1.29 is 8.42 Å². The predicted octanol–water partition coefficient (Wildman–Crippen LogP) is 0.990. The first-order valence-electron chi connectivity index (χ1n) is 5.30.